The molecule has 3 heteroatoms. The molecule has 21 heavy (non-hydrogen) atoms. The lowest BCUT2D eigenvalue weighted by Crippen LogP contribution is -2.14. The number of hydrogen-bond acceptors (Lipinski definition) is 2. The molecule has 0 aliphatic heterocycles. The molecule has 1 N–H and O–H groups in total. The highest BCUT2D eigenvalue weighted by Gasteiger charge is 2.11. The third-order valence-corrected chi connectivity index (χ3v) is 3.99. The van der Waals surface area contributed by atoms with Gasteiger partial charge < -0.3 is 5.11 Å². The minimum atomic E-state index is -0.462. The van der Waals surface area contributed by atoms with Gasteiger partial charge in [-0.1, -0.05) is 54.1 Å². The molecule has 0 fully saturated rings. The van der Waals surface area contributed by atoms with Gasteiger partial charge in [0.15, 0.2) is 0 Å². The van der Waals surface area contributed by atoms with Crippen molar-refractivity contribution < 1.29 is 5.11 Å². The second-order valence-corrected chi connectivity index (χ2v) is 5.57. The van der Waals surface area contributed by atoms with Gasteiger partial charge in [0, 0.05) is 18.8 Å². The maximum Gasteiger partial charge on any atom is 0.0622 e. The van der Waals surface area contributed by atoms with E-state index in [4.69, 9.17) is 11.6 Å². The molecule has 0 aliphatic rings. The minimum Gasteiger partial charge on any atom is -0.392 e. The maximum atomic E-state index is 10.4. The smallest absolute Gasteiger partial charge is 0.0622 e. The average molecular weight is 298 g/mol. The second-order valence-electron chi connectivity index (χ2n) is 5.17. The normalized spacial score (nSPS) is 12.5. The van der Waals surface area contributed by atoms with Gasteiger partial charge in [0.2, 0.25) is 0 Å². The van der Waals surface area contributed by atoms with Gasteiger partial charge in [-0.15, -0.1) is 0 Å². The molecule has 1 atom stereocenters. The van der Waals surface area contributed by atoms with Crippen molar-refractivity contribution in [2.75, 3.05) is 0 Å². The van der Waals surface area contributed by atoms with Crippen LogP contribution in [0.1, 0.15) is 11.1 Å². The second kappa shape index (κ2) is 6.25. The van der Waals surface area contributed by atoms with Gasteiger partial charge in [-0.3, -0.25) is 4.98 Å². The van der Waals surface area contributed by atoms with E-state index >= 15 is 0 Å². The Morgan fingerprint density at radius 3 is 2.57 bits per heavy atom. The number of aliphatic hydroxyl groups is 1. The van der Waals surface area contributed by atoms with E-state index in [-0.39, 0.29) is 0 Å². The zero-order valence-electron chi connectivity index (χ0n) is 11.5. The van der Waals surface area contributed by atoms with E-state index in [9.17, 15) is 5.11 Å². The molecule has 0 aliphatic carbocycles. The molecule has 0 bridgehead atoms. The summed E-state index contributed by atoms with van der Waals surface area (Å²) >= 11 is 6.09. The number of aromatic nitrogens is 1. The highest BCUT2D eigenvalue weighted by molar-refractivity contribution is 6.31. The van der Waals surface area contributed by atoms with Crippen LogP contribution in [0.2, 0.25) is 5.02 Å². The predicted octanol–water partition coefficient (Wildman–Crippen LogP) is 4.03. The van der Waals surface area contributed by atoms with Crippen LogP contribution in [0.25, 0.3) is 10.8 Å². The fourth-order valence-electron chi connectivity index (χ4n) is 2.62. The molecule has 1 aromatic heterocycles. The van der Waals surface area contributed by atoms with Crippen LogP contribution in [-0.4, -0.2) is 16.2 Å². The molecule has 0 saturated heterocycles. The third-order valence-electron chi connectivity index (χ3n) is 3.65. The van der Waals surface area contributed by atoms with Gasteiger partial charge in [0.25, 0.3) is 0 Å². The van der Waals surface area contributed by atoms with Crippen LogP contribution in [0, 0.1) is 0 Å². The van der Waals surface area contributed by atoms with Crippen molar-refractivity contribution in [3.8, 4) is 0 Å². The van der Waals surface area contributed by atoms with E-state index in [1.807, 2.05) is 24.3 Å². The number of halogens is 1. The van der Waals surface area contributed by atoms with Crippen LogP contribution < -0.4 is 0 Å². The molecule has 3 aromatic rings. The molecule has 1 unspecified atom stereocenters. The highest BCUT2D eigenvalue weighted by atomic mass is 35.5. The number of hydrogen-bond donors (Lipinski definition) is 1. The number of fused-ring (bicyclic) bond motifs is 1. The summed E-state index contributed by atoms with van der Waals surface area (Å²) in [6.07, 6.45) is 3.99. The first-order chi connectivity index (χ1) is 10.2. The topological polar surface area (TPSA) is 33.1 Å². The van der Waals surface area contributed by atoms with E-state index in [0.717, 1.165) is 11.1 Å². The SMILES string of the molecule is OC(Cc1ccncc1Cl)Cc1cccc2ccccc12. The molecule has 2 nitrogen and oxygen atoms in total. The Bertz CT molecular complexity index is 752. The standard InChI is InChI=1S/C18H16ClNO/c19-18-12-20-9-8-15(18)11-16(21)10-14-6-3-5-13-4-1-2-7-17(13)14/h1-9,12,16,21H,10-11H2. The summed E-state index contributed by atoms with van der Waals surface area (Å²) in [6, 6.07) is 16.3. The largest absolute Gasteiger partial charge is 0.392 e. The van der Waals surface area contributed by atoms with Gasteiger partial charge in [-0.2, -0.15) is 0 Å². The maximum absolute atomic E-state index is 10.4. The molecular weight excluding hydrogens is 282 g/mol. The Morgan fingerprint density at radius 1 is 0.952 bits per heavy atom. The predicted molar refractivity (Wildman–Crippen MR) is 86.6 cm³/mol. The first-order valence-electron chi connectivity index (χ1n) is 6.97. The van der Waals surface area contributed by atoms with Crippen LogP contribution >= 0.6 is 11.6 Å². The molecule has 0 radical (unpaired) electrons. The van der Waals surface area contributed by atoms with E-state index in [0.29, 0.717) is 17.9 Å². The number of pyridine rings is 1. The van der Waals surface area contributed by atoms with Gasteiger partial charge in [-0.05, 0) is 34.4 Å². The number of aliphatic hydroxyl groups excluding tert-OH is 1. The molecule has 2 aromatic carbocycles. The zero-order valence-corrected chi connectivity index (χ0v) is 12.3. The molecular formula is C18H16ClNO. The molecule has 0 spiro atoms. The summed E-state index contributed by atoms with van der Waals surface area (Å²) < 4.78 is 0. The van der Waals surface area contributed by atoms with Crippen molar-refractivity contribution in [3.63, 3.8) is 0 Å². The van der Waals surface area contributed by atoms with Gasteiger partial charge in [0.05, 0.1) is 11.1 Å². The summed E-state index contributed by atoms with van der Waals surface area (Å²) in [5.41, 5.74) is 2.09. The Labute approximate surface area is 129 Å². The monoisotopic (exact) mass is 297 g/mol. The van der Waals surface area contributed by atoms with Crippen molar-refractivity contribution in [3.05, 3.63) is 77.1 Å². The van der Waals surface area contributed by atoms with E-state index in [1.54, 1.807) is 12.4 Å². The summed E-state index contributed by atoms with van der Waals surface area (Å²) in [4.78, 5) is 3.96. The van der Waals surface area contributed by atoms with E-state index < -0.39 is 6.10 Å². The quantitative estimate of drug-likeness (QED) is 0.788. The lowest BCUT2D eigenvalue weighted by Gasteiger charge is -2.13. The van der Waals surface area contributed by atoms with Crippen molar-refractivity contribution >= 4 is 22.4 Å². The van der Waals surface area contributed by atoms with Gasteiger partial charge in [0.1, 0.15) is 0 Å². The fourth-order valence-corrected chi connectivity index (χ4v) is 2.82. The number of nitrogens with zero attached hydrogens (tertiary/aromatic N) is 1. The molecule has 106 valence electrons. The van der Waals surface area contributed by atoms with E-state index in [1.165, 1.54) is 10.8 Å². The summed E-state index contributed by atoms with van der Waals surface area (Å²) in [6.45, 7) is 0. The zero-order chi connectivity index (χ0) is 14.7. The molecule has 3 rings (SSSR count). The van der Waals surface area contributed by atoms with Crippen LogP contribution in [0.3, 0.4) is 0 Å². The molecule has 1 heterocycles. The fraction of sp³-hybridized carbons (Fsp3) is 0.167. The van der Waals surface area contributed by atoms with Crippen LogP contribution in [0.4, 0.5) is 0 Å². The Kier molecular flexibility index (Phi) is 4.18. The van der Waals surface area contributed by atoms with Crippen molar-refractivity contribution in [1.29, 1.82) is 0 Å². The Balaban J connectivity index is 1.81. The summed E-state index contributed by atoms with van der Waals surface area (Å²) in [5.74, 6) is 0. The number of rotatable bonds is 4. The molecule has 0 amide bonds. The van der Waals surface area contributed by atoms with Crippen molar-refractivity contribution in [2.45, 2.75) is 18.9 Å². The Hall–Kier alpha value is -1.90. The minimum absolute atomic E-state index is 0.462. The first-order valence-corrected chi connectivity index (χ1v) is 7.35. The van der Waals surface area contributed by atoms with Crippen molar-refractivity contribution in [1.82, 2.24) is 4.98 Å². The molecule has 0 saturated carbocycles. The van der Waals surface area contributed by atoms with Crippen LogP contribution in [0.15, 0.2) is 60.9 Å². The summed E-state index contributed by atoms with van der Waals surface area (Å²) in [7, 11) is 0. The average Bonchev–Trinajstić information content (AvgIpc) is 2.50. The number of benzene rings is 2. The first kappa shape index (κ1) is 14.1. The van der Waals surface area contributed by atoms with Crippen LogP contribution in [-0.2, 0) is 12.8 Å². The lowest BCUT2D eigenvalue weighted by atomic mass is 9.97. The van der Waals surface area contributed by atoms with Gasteiger partial charge in [-0.25, -0.2) is 0 Å². The summed E-state index contributed by atoms with van der Waals surface area (Å²) in [5, 5.41) is 13.4. The highest BCUT2D eigenvalue weighted by Crippen LogP contribution is 2.22. The third kappa shape index (κ3) is 3.23. The van der Waals surface area contributed by atoms with Gasteiger partial charge >= 0.3 is 0 Å². The van der Waals surface area contributed by atoms with Crippen LogP contribution in [0.5, 0.6) is 0 Å². The lowest BCUT2D eigenvalue weighted by molar-refractivity contribution is 0.176. The van der Waals surface area contributed by atoms with Crippen molar-refractivity contribution in [2.24, 2.45) is 0 Å². The van der Waals surface area contributed by atoms with E-state index in [2.05, 4.69) is 29.2 Å². The Morgan fingerprint density at radius 2 is 1.71 bits per heavy atom.